The van der Waals surface area contributed by atoms with Crippen LogP contribution in [0, 0.1) is 6.92 Å². The van der Waals surface area contributed by atoms with Crippen LogP contribution in [0.4, 0.5) is 4.79 Å². The van der Waals surface area contributed by atoms with E-state index in [9.17, 15) is 19.5 Å². The molecule has 2 N–H and O–H groups in total. The molecule has 0 spiro atoms. The molecule has 1 aliphatic heterocycles. The minimum absolute atomic E-state index is 0.0728. The van der Waals surface area contributed by atoms with Gasteiger partial charge in [-0.15, -0.1) is 0 Å². The first kappa shape index (κ1) is 12.4. The maximum absolute atomic E-state index is 11.5. The number of imide groups is 1. The van der Waals surface area contributed by atoms with Crippen LogP contribution in [0.1, 0.15) is 11.1 Å². The first-order valence-corrected chi connectivity index (χ1v) is 5.88. The molecular formula is C12H9NO4S. The molecule has 2 rings (SSSR count). The summed E-state index contributed by atoms with van der Waals surface area (Å²) in [6.07, 6.45) is 0. The number of benzene rings is 1. The minimum atomic E-state index is -1.23. The van der Waals surface area contributed by atoms with Gasteiger partial charge in [-0.2, -0.15) is 0 Å². The van der Waals surface area contributed by atoms with Crippen LogP contribution >= 0.6 is 11.8 Å². The van der Waals surface area contributed by atoms with Gasteiger partial charge < -0.3 is 5.11 Å². The summed E-state index contributed by atoms with van der Waals surface area (Å²) in [6.45, 7) is 1.87. The minimum Gasteiger partial charge on any atom is -0.478 e. The van der Waals surface area contributed by atoms with Crippen molar-refractivity contribution in [3.8, 4) is 0 Å². The maximum atomic E-state index is 11.5. The lowest BCUT2D eigenvalue weighted by Gasteiger charge is -2.05. The van der Waals surface area contributed by atoms with E-state index >= 15 is 0 Å². The molecular weight excluding hydrogens is 254 g/mol. The van der Waals surface area contributed by atoms with Gasteiger partial charge >= 0.3 is 5.97 Å². The molecule has 92 valence electrons. The molecule has 0 saturated carbocycles. The third kappa shape index (κ3) is 2.28. The number of carboxylic acid groups (broad SMARTS) is 1. The van der Waals surface area contributed by atoms with Crippen molar-refractivity contribution in [2.24, 2.45) is 0 Å². The molecule has 0 aliphatic carbocycles. The van der Waals surface area contributed by atoms with Crippen LogP contribution in [0.15, 0.2) is 29.2 Å². The van der Waals surface area contributed by atoms with Gasteiger partial charge in [0.25, 0.3) is 11.1 Å². The third-order valence-corrected chi connectivity index (χ3v) is 3.28. The lowest BCUT2D eigenvalue weighted by molar-refractivity contribution is -0.130. The molecule has 1 aliphatic rings. The van der Waals surface area contributed by atoms with E-state index in [1.54, 1.807) is 24.3 Å². The second kappa shape index (κ2) is 4.66. The molecule has 1 heterocycles. The van der Waals surface area contributed by atoms with Crippen molar-refractivity contribution in [3.05, 3.63) is 40.3 Å². The van der Waals surface area contributed by atoms with Crippen LogP contribution in [-0.4, -0.2) is 22.2 Å². The van der Waals surface area contributed by atoms with Crippen molar-refractivity contribution in [2.75, 3.05) is 0 Å². The second-order valence-corrected chi connectivity index (χ2v) is 4.70. The van der Waals surface area contributed by atoms with Crippen molar-refractivity contribution in [3.63, 3.8) is 0 Å². The molecule has 6 heteroatoms. The first-order valence-electron chi connectivity index (χ1n) is 5.07. The molecule has 0 bridgehead atoms. The van der Waals surface area contributed by atoms with Crippen LogP contribution in [-0.2, 0) is 9.59 Å². The van der Waals surface area contributed by atoms with Crippen LogP contribution in [0.2, 0.25) is 0 Å². The van der Waals surface area contributed by atoms with Crippen LogP contribution in [0.5, 0.6) is 0 Å². The van der Waals surface area contributed by atoms with Crippen LogP contribution in [0.25, 0.3) is 5.57 Å². The Hall–Kier alpha value is -2.08. The first-order chi connectivity index (χ1) is 8.49. The summed E-state index contributed by atoms with van der Waals surface area (Å²) < 4.78 is 0. The van der Waals surface area contributed by atoms with Gasteiger partial charge in [0.2, 0.25) is 0 Å². The standard InChI is InChI=1S/C12H9NO4S/c1-6-2-4-7(5-3-6)8(11(15)16)9-10(14)13-12(17)18-9/h2-5H,1H3,(H,15,16)(H,13,14,17)/b9-8-. The second-order valence-electron chi connectivity index (χ2n) is 3.72. The monoisotopic (exact) mass is 263 g/mol. The highest BCUT2D eigenvalue weighted by Crippen LogP contribution is 2.31. The Morgan fingerprint density at radius 2 is 1.83 bits per heavy atom. The number of aryl methyl sites for hydroxylation is 1. The topological polar surface area (TPSA) is 83.5 Å². The fourth-order valence-electron chi connectivity index (χ4n) is 1.55. The Morgan fingerprint density at radius 3 is 2.28 bits per heavy atom. The number of thioether (sulfide) groups is 1. The van der Waals surface area contributed by atoms with Gasteiger partial charge in [-0.3, -0.25) is 14.9 Å². The number of rotatable bonds is 2. The van der Waals surface area contributed by atoms with Crippen LogP contribution in [0.3, 0.4) is 0 Å². The lowest BCUT2D eigenvalue weighted by Crippen LogP contribution is -2.19. The Kier molecular flexibility index (Phi) is 3.20. The fourth-order valence-corrected chi connectivity index (χ4v) is 2.33. The van der Waals surface area contributed by atoms with Crippen LogP contribution < -0.4 is 5.32 Å². The molecule has 0 unspecified atom stereocenters. The van der Waals surface area contributed by atoms with Gasteiger partial charge in [0.15, 0.2) is 0 Å². The summed E-state index contributed by atoms with van der Waals surface area (Å²) in [6, 6.07) is 6.72. The lowest BCUT2D eigenvalue weighted by atomic mass is 10.0. The van der Waals surface area contributed by atoms with E-state index in [0.29, 0.717) is 17.3 Å². The van der Waals surface area contributed by atoms with E-state index in [0.717, 1.165) is 5.56 Å². The number of hydrogen-bond donors (Lipinski definition) is 2. The summed E-state index contributed by atoms with van der Waals surface area (Å²) >= 11 is 0.608. The quantitative estimate of drug-likeness (QED) is 0.794. The Labute approximate surface area is 107 Å². The number of carbonyl (C=O) groups is 3. The molecule has 18 heavy (non-hydrogen) atoms. The third-order valence-electron chi connectivity index (χ3n) is 2.40. The maximum Gasteiger partial charge on any atom is 0.337 e. The summed E-state index contributed by atoms with van der Waals surface area (Å²) in [4.78, 5) is 33.8. The summed E-state index contributed by atoms with van der Waals surface area (Å²) in [5.74, 6) is -1.89. The Balaban J connectivity index is 2.56. The van der Waals surface area contributed by atoms with Crippen molar-refractivity contribution < 1.29 is 19.5 Å². The van der Waals surface area contributed by atoms with E-state index in [2.05, 4.69) is 0 Å². The number of hydrogen-bond acceptors (Lipinski definition) is 4. The average molecular weight is 263 g/mol. The predicted octanol–water partition coefficient (Wildman–Crippen LogP) is 1.77. The molecule has 1 saturated heterocycles. The molecule has 2 amide bonds. The number of nitrogens with one attached hydrogen (secondary N) is 1. The average Bonchev–Trinajstić information content (AvgIpc) is 2.61. The summed E-state index contributed by atoms with van der Waals surface area (Å²) in [7, 11) is 0. The van der Waals surface area contributed by atoms with E-state index in [1.165, 1.54) is 0 Å². The highest BCUT2D eigenvalue weighted by Gasteiger charge is 2.31. The molecule has 0 radical (unpaired) electrons. The number of amides is 2. The highest BCUT2D eigenvalue weighted by atomic mass is 32.2. The SMILES string of the molecule is Cc1ccc(/C(C(=O)O)=C2/SC(=O)NC2=O)cc1. The van der Waals surface area contributed by atoms with E-state index in [4.69, 9.17) is 0 Å². The molecule has 1 fully saturated rings. The van der Waals surface area contributed by atoms with E-state index in [-0.39, 0.29) is 10.5 Å². The smallest absolute Gasteiger partial charge is 0.337 e. The fraction of sp³-hybridized carbons (Fsp3) is 0.0833. The zero-order valence-electron chi connectivity index (χ0n) is 9.39. The Bertz CT molecular complexity index is 574. The Morgan fingerprint density at radius 1 is 1.22 bits per heavy atom. The van der Waals surface area contributed by atoms with Gasteiger partial charge in [-0.1, -0.05) is 29.8 Å². The molecule has 0 atom stereocenters. The number of carboxylic acids is 1. The molecule has 1 aromatic carbocycles. The number of aliphatic carboxylic acids is 1. The predicted molar refractivity (Wildman–Crippen MR) is 66.9 cm³/mol. The van der Waals surface area contributed by atoms with Gasteiger partial charge in [0, 0.05) is 0 Å². The molecule has 0 aromatic heterocycles. The normalized spacial score (nSPS) is 17.6. The van der Waals surface area contributed by atoms with Crippen molar-refractivity contribution in [1.29, 1.82) is 0 Å². The van der Waals surface area contributed by atoms with Crippen molar-refractivity contribution in [2.45, 2.75) is 6.92 Å². The number of carbonyl (C=O) groups excluding carboxylic acids is 2. The molecule has 1 aromatic rings. The van der Waals surface area contributed by atoms with Gasteiger partial charge in [-0.05, 0) is 24.2 Å². The summed E-state index contributed by atoms with van der Waals surface area (Å²) in [5, 5.41) is 10.7. The van der Waals surface area contributed by atoms with Crippen molar-refractivity contribution in [1.82, 2.24) is 5.32 Å². The van der Waals surface area contributed by atoms with E-state index in [1.807, 2.05) is 12.2 Å². The largest absolute Gasteiger partial charge is 0.478 e. The van der Waals surface area contributed by atoms with E-state index < -0.39 is 17.1 Å². The summed E-state index contributed by atoms with van der Waals surface area (Å²) in [5.41, 5.74) is 1.23. The van der Waals surface area contributed by atoms with Crippen molar-refractivity contribution >= 4 is 34.5 Å². The zero-order chi connectivity index (χ0) is 13.3. The van der Waals surface area contributed by atoms with Gasteiger partial charge in [-0.25, -0.2) is 4.79 Å². The molecule has 5 nitrogen and oxygen atoms in total. The van der Waals surface area contributed by atoms with Gasteiger partial charge in [0.1, 0.15) is 0 Å². The highest BCUT2D eigenvalue weighted by molar-refractivity contribution is 8.18. The zero-order valence-corrected chi connectivity index (χ0v) is 10.2. The van der Waals surface area contributed by atoms with Gasteiger partial charge in [0.05, 0.1) is 10.5 Å².